The van der Waals surface area contributed by atoms with Crippen LogP contribution in [0.5, 0.6) is 0 Å². The first-order valence-corrected chi connectivity index (χ1v) is 9.18. The Morgan fingerprint density at radius 2 is 2.23 bits per heavy atom. The molecular weight excluding hydrogens is 404 g/mol. The highest BCUT2D eigenvalue weighted by Crippen LogP contribution is 2.36. The highest BCUT2D eigenvalue weighted by Gasteiger charge is 2.16. The average molecular weight is 414 g/mol. The first kappa shape index (κ1) is 15.7. The largest absolute Gasteiger partial charge is 0.283 e. The predicted molar refractivity (Wildman–Crippen MR) is 98.7 cm³/mol. The maximum Gasteiger partial charge on any atom is 0.283 e. The zero-order valence-electron chi connectivity index (χ0n) is 11.4. The topological polar surface area (TPSA) is 41.5 Å². The molecule has 0 aliphatic rings. The standard InChI is InChI=1S/C15H10BrClN2OS2/c1-8-4-5-21-12(8)7-18-19-15(20)14-13(17)10-3-2-9(16)6-11(10)22-14/h2-7H,1H3,(H,19,20)/b18-7-. The van der Waals surface area contributed by atoms with Crippen molar-refractivity contribution in [3.63, 3.8) is 0 Å². The van der Waals surface area contributed by atoms with E-state index in [1.165, 1.54) is 11.3 Å². The van der Waals surface area contributed by atoms with E-state index in [0.717, 1.165) is 25.0 Å². The fourth-order valence-electron chi connectivity index (χ4n) is 1.90. The summed E-state index contributed by atoms with van der Waals surface area (Å²) in [6.07, 6.45) is 1.65. The van der Waals surface area contributed by atoms with E-state index < -0.39 is 0 Å². The van der Waals surface area contributed by atoms with Crippen LogP contribution in [-0.2, 0) is 0 Å². The van der Waals surface area contributed by atoms with Crippen molar-refractivity contribution >= 4 is 72.4 Å². The molecule has 0 spiro atoms. The van der Waals surface area contributed by atoms with Crippen molar-refractivity contribution in [1.29, 1.82) is 0 Å². The van der Waals surface area contributed by atoms with Gasteiger partial charge in [-0.15, -0.1) is 22.7 Å². The lowest BCUT2D eigenvalue weighted by atomic mass is 10.2. The molecule has 0 saturated carbocycles. The molecule has 2 aromatic heterocycles. The van der Waals surface area contributed by atoms with Gasteiger partial charge in [0.25, 0.3) is 5.91 Å². The van der Waals surface area contributed by atoms with Crippen molar-refractivity contribution in [3.05, 3.63) is 54.5 Å². The summed E-state index contributed by atoms with van der Waals surface area (Å²) in [6.45, 7) is 2.00. The predicted octanol–water partition coefficient (Wildman–Crippen LogP) is 5.45. The summed E-state index contributed by atoms with van der Waals surface area (Å²) in [6, 6.07) is 7.75. The third-order valence-corrected chi connectivity index (χ3v) is 6.15. The van der Waals surface area contributed by atoms with Gasteiger partial charge in [-0.05, 0) is 36.1 Å². The SMILES string of the molecule is Cc1ccsc1/C=N\NC(=O)c1sc2cc(Br)ccc2c1Cl. The van der Waals surface area contributed by atoms with Gasteiger partial charge in [-0.1, -0.05) is 33.6 Å². The minimum Gasteiger partial charge on any atom is -0.266 e. The van der Waals surface area contributed by atoms with Gasteiger partial charge >= 0.3 is 0 Å². The van der Waals surface area contributed by atoms with Crippen molar-refractivity contribution in [1.82, 2.24) is 5.43 Å². The number of hydrogen-bond acceptors (Lipinski definition) is 4. The second-order valence-electron chi connectivity index (χ2n) is 4.55. The number of nitrogens with one attached hydrogen (secondary N) is 1. The number of amides is 1. The van der Waals surface area contributed by atoms with Crippen LogP contribution in [0.1, 0.15) is 20.1 Å². The fraction of sp³-hybridized carbons (Fsp3) is 0.0667. The lowest BCUT2D eigenvalue weighted by Gasteiger charge is -1.97. The summed E-state index contributed by atoms with van der Waals surface area (Å²) in [7, 11) is 0. The van der Waals surface area contributed by atoms with Crippen LogP contribution in [0.2, 0.25) is 5.02 Å². The average Bonchev–Trinajstić information content (AvgIpc) is 3.03. The Kier molecular flexibility index (Phi) is 4.63. The van der Waals surface area contributed by atoms with E-state index >= 15 is 0 Å². The van der Waals surface area contributed by atoms with Crippen molar-refractivity contribution in [2.24, 2.45) is 5.10 Å². The van der Waals surface area contributed by atoms with Crippen LogP contribution < -0.4 is 5.43 Å². The molecule has 1 N–H and O–H groups in total. The number of hydrogen-bond donors (Lipinski definition) is 1. The second kappa shape index (κ2) is 6.50. The molecule has 3 aromatic rings. The van der Waals surface area contributed by atoms with Crippen molar-refractivity contribution in [2.45, 2.75) is 6.92 Å². The number of carbonyl (C=O) groups excluding carboxylic acids is 1. The summed E-state index contributed by atoms with van der Waals surface area (Å²) in [5, 5.41) is 7.33. The molecule has 1 aromatic carbocycles. The Bertz CT molecular complexity index is 885. The Hall–Kier alpha value is -1.21. The van der Waals surface area contributed by atoms with Gasteiger partial charge < -0.3 is 0 Å². The van der Waals surface area contributed by atoms with Gasteiger partial charge in [-0.2, -0.15) is 5.10 Å². The van der Waals surface area contributed by atoms with E-state index in [1.54, 1.807) is 17.6 Å². The Balaban J connectivity index is 1.82. The molecular formula is C15H10BrClN2OS2. The first-order valence-electron chi connectivity index (χ1n) is 6.31. The van der Waals surface area contributed by atoms with Crippen LogP contribution >= 0.6 is 50.2 Å². The molecule has 0 aliphatic heterocycles. The van der Waals surface area contributed by atoms with Crippen molar-refractivity contribution < 1.29 is 4.79 Å². The zero-order chi connectivity index (χ0) is 15.7. The Morgan fingerprint density at radius 1 is 1.41 bits per heavy atom. The molecule has 112 valence electrons. The van der Waals surface area contributed by atoms with E-state index in [-0.39, 0.29) is 5.91 Å². The number of hydrazone groups is 1. The minimum atomic E-state index is -0.298. The quantitative estimate of drug-likeness (QED) is 0.450. The number of fused-ring (bicyclic) bond motifs is 1. The molecule has 0 aliphatic carbocycles. The number of nitrogens with zero attached hydrogens (tertiary/aromatic N) is 1. The van der Waals surface area contributed by atoms with Gasteiger partial charge in [0.05, 0.1) is 11.2 Å². The van der Waals surface area contributed by atoms with Crippen LogP contribution in [0.15, 0.2) is 39.2 Å². The van der Waals surface area contributed by atoms with Gasteiger partial charge in [0.1, 0.15) is 4.88 Å². The maximum absolute atomic E-state index is 12.2. The molecule has 0 atom stereocenters. The molecule has 7 heteroatoms. The number of rotatable bonds is 3. The molecule has 1 amide bonds. The van der Waals surface area contributed by atoms with E-state index in [9.17, 15) is 4.79 Å². The fourth-order valence-corrected chi connectivity index (χ4v) is 4.65. The van der Waals surface area contributed by atoms with Crippen molar-refractivity contribution in [2.75, 3.05) is 0 Å². The van der Waals surface area contributed by atoms with E-state index in [2.05, 4.69) is 26.5 Å². The van der Waals surface area contributed by atoms with E-state index in [1.807, 2.05) is 36.6 Å². The summed E-state index contributed by atoms with van der Waals surface area (Å²) >= 11 is 12.6. The van der Waals surface area contributed by atoms with Gasteiger partial charge in [-0.3, -0.25) is 4.79 Å². The summed E-state index contributed by atoms with van der Waals surface area (Å²) in [5.74, 6) is -0.298. The van der Waals surface area contributed by atoms with Gasteiger partial charge in [0.15, 0.2) is 0 Å². The van der Waals surface area contributed by atoms with E-state index in [0.29, 0.717) is 9.90 Å². The molecule has 0 radical (unpaired) electrons. The normalized spacial score (nSPS) is 11.4. The smallest absolute Gasteiger partial charge is 0.266 e. The third-order valence-electron chi connectivity index (χ3n) is 3.05. The highest BCUT2D eigenvalue weighted by molar-refractivity contribution is 9.10. The van der Waals surface area contributed by atoms with Crippen LogP contribution in [0, 0.1) is 6.92 Å². The van der Waals surface area contributed by atoms with Crippen LogP contribution in [0.4, 0.5) is 0 Å². The lowest BCUT2D eigenvalue weighted by molar-refractivity contribution is 0.0959. The van der Waals surface area contributed by atoms with Crippen molar-refractivity contribution in [3.8, 4) is 0 Å². The van der Waals surface area contributed by atoms with Crippen LogP contribution in [-0.4, -0.2) is 12.1 Å². The van der Waals surface area contributed by atoms with Gasteiger partial charge in [0, 0.05) is 19.4 Å². The summed E-state index contributed by atoms with van der Waals surface area (Å²) < 4.78 is 1.92. The third kappa shape index (κ3) is 3.10. The van der Waals surface area contributed by atoms with E-state index in [4.69, 9.17) is 11.6 Å². The number of halogens is 2. The number of benzene rings is 1. The van der Waals surface area contributed by atoms with Gasteiger partial charge in [-0.25, -0.2) is 5.43 Å². The number of thiophene rings is 2. The summed E-state index contributed by atoms with van der Waals surface area (Å²) in [4.78, 5) is 13.7. The Labute approximate surface area is 148 Å². The molecule has 22 heavy (non-hydrogen) atoms. The first-order chi connectivity index (χ1) is 10.6. The Morgan fingerprint density at radius 3 is 2.95 bits per heavy atom. The number of carbonyl (C=O) groups is 1. The number of aryl methyl sites for hydroxylation is 1. The molecule has 3 nitrogen and oxygen atoms in total. The lowest BCUT2D eigenvalue weighted by Crippen LogP contribution is -2.16. The zero-order valence-corrected chi connectivity index (χ0v) is 15.4. The van der Waals surface area contributed by atoms with Crippen LogP contribution in [0.25, 0.3) is 10.1 Å². The molecule has 3 rings (SSSR count). The van der Waals surface area contributed by atoms with Gasteiger partial charge in [0.2, 0.25) is 0 Å². The highest BCUT2D eigenvalue weighted by atomic mass is 79.9. The maximum atomic E-state index is 12.2. The molecule has 0 unspecified atom stereocenters. The summed E-state index contributed by atoms with van der Waals surface area (Å²) in [5.41, 5.74) is 3.66. The monoisotopic (exact) mass is 412 g/mol. The molecule has 2 heterocycles. The molecule has 0 bridgehead atoms. The van der Waals surface area contributed by atoms with Crippen LogP contribution in [0.3, 0.4) is 0 Å². The molecule has 0 saturated heterocycles. The molecule has 0 fully saturated rings. The minimum absolute atomic E-state index is 0.298. The second-order valence-corrected chi connectivity index (χ2v) is 7.85.